The van der Waals surface area contributed by atoms with Gasteiger partial charge in [0.05, 0.1) is 12.8 Å². The van der Waals surface area contributed by atoms with E-state index in [9.17, 15) is 13.2 Å². The van der Waals surface area contributed by atoms with Crippen molar-refractivity contribution in [2.45, 2.75) is 31.1 Å². The molecular weight excluding hydrogens is 402 g/mol. The molecule has 7 nitrogen and oxygen atoms in total. The first-order valence-electron chi connectivity index (χ1n) is 9.06. The molecule has 1 N–H and O–H groups in total. The van der Waals surface area contributed by atoms with Gasteiger partial charge in [0, 0.05) is 30.9 Å². The monoisotopic (exact) mass is 425 g/mol. The Kier molecular flexibility index (Phi) is 5.90. The summed E-state index contributed by atoms with van der Waals surface area (Å²) in [4.78, 5) is 14.7. The summed E-state index contributed by atoms with van der Waals surface area (Å²) in [6.45, 7) is 3.07. The van der Waals surface area contributed by atoms with E-state index < -0.39 is 10.0 Å². The number of ether oxygens (including phenoxy) is 1. The molecule has 0 bridgehead atoms. The van der Waals surface area contributed by atoms with Crippen LogP contribution in [0.1, 0.15) is 35.4 Å². The Morgan fingerprint density at radius 1 is 1.18 bits per heavy atom. The molecule has 152 valence electrons. The number of halogens is 1. The highest BCUT2D eigenvalue weighted by atomic mass is 35.5. The minimum atomic E-state index is -3.94. The highest BCUT2D eigenvalue weighted by Gasteiger charge is 2.28. The van der Waals surface area contributed by atoms with Crippen molar-refractivity contribution in [3.8, 4) is 5.75 Å². The number of likely N-dealkylation sites (tertiary alicyclic amines) is 1. The van der Waals surface area contributed by atoms with Crippen LogP contribution in [0.2, 0.25) is 5.02 Å². The van der Waals surface area contributed by atoms with Gasteiger partial charge in [-0.05, 0) is 50.5 Å². The molecule has 0 radical (unpaired) electrons. The van der Waals surface area contributed by atoms with Crippen molar-refractivity contribution in [3.05, 3.63) is 40.7 Å². The Hall–Kier alpha value is -2.19. The summed E-state index contributed by atoms with van der Waals surface area (Å²) in [6, 6.07) is 6.12. The molecule has 2 heterocycles. The number of sulfonamides is 1. The number of methoxy groups -OCH3 is 1. The first kappa shape index (κ1) is 20.5. The van der Waals surface area contributed by atoms with E-state index in [0.717, 1.165) is 19.3 Å². The summed E-state index contributed by atoms with van der Waals surface area (Å²) < 4.78 is 35.4. The van der Waals surface area contributed by atoms with Crippen molar-refractivity contribution < 1.29 is 17.9 Å². The first-order chi connectivity index (χ1) is 13.2. The number of hydrogen-bond donors (Lipinski definition) is 1. The lowest BCUT2D eigenvalue weighted by molar-refractivity contribution is 0.0714. The molecule has 1 amide bonds. The molecule has 0 spiro atoms. The largest absolute Gasteiger partial charge is 0.495 e. The molecule has 1 saturated heterocycles. The smallest absolute Gasteiger partial charge is 0.270 e. The first-order valence-corrected chi connectivity index (χ1v) is 10.9. The standard InChI is InChI=1S/C19H24ClN3O4S/c1-13-18(12-16(22(13)2)19(24)23-9-5-4-6-10-23)28(25,26)21-15-11-14(20)7-8-17(15)27-3/h7-8,11-12,21H,4-6,9-10H2,1-3H3. The van der Waals surface area contributed by atoms with Gasteiger partial charge in [-0.2, -0.15) is 0 Å². The average molecular weight is 426 g/mol. The molecule has 0 unspecified atom stereocenters. The lowest BCUT2D eigenvalue weighted by atomic mass is 10.1. The summed E-state index contributed by atoms with van der Waals surface area (Å²) >= 11 is 5.99. The van der Waals surface area contributed by atoms with Gasteiger partial charge >= 0.3 is 0 Å². The Labute approximate surface area is 170 Å². The molecular formula is C19H24ClN3O4S. The molecule has 0 aliphatic carbocycles. The van der Waals surface area contributed by atoms with Crippen LogP contribution in [0, 0.1) is 6.92 Å². The van der Waals surface area contributed by atoms with Gasteiger partial charge in [-0.15, -0.1) is 0 Å². The molecule has 1 aromatic heterocycles. The second-order valence-electron chi connectivity index (χ2n) is 6.84. The van der Waals surface area contributed by atoms with Gasteiger partial charge in [-0.1, -0.05) is 11.6 Å². The van der Waals surface area contributed by atoms with Gasteiger partial charge in [0.1, 0.15) is 16.3 Å². The fraction of sp³-hybridized carbons (Fsp3) is 0.421. The third-order valence-corrected chi connectivity index (χ3v) is 6.76. The van der Waals surface area contributed by atoms with Gasteiger partial charge in [0.15, 0.2) is 0 Å². The van der Waals surface area contributed by atoms with E-state index in [1.807, 2.05) is 0 Å². The molecule has 28 heavy (non-hydrogen) atoms. The average Bonchev–Trinajstić information content (AvgIpc) is 2.97. The predicted octanol–water partition coefficient (Wildman–Crippen LogP) is 3.42. The van der Waals surface area contributed by atoms with E-state index in [4.69, 9.17) is 16.3 Å². The number of nitrogens with zero attached hydrogens (tertiary/aromatic N) is 2. The van der Waals surface area contributed by atoms with Crippen LogP contribution >= 0.6 is 11.6 Å². The Bertz CT molecular complexity index is 995. The van der Waals surface area contributed by atoms with E-state index in [0.29, 0.717) is 35.2 Å². The zero-order valence-electron chi connectivity index (χ0n) is 16.2. The molecule has 0 saturated carbocycles. The molecule has 1 aliphatic heterocycles. The van der Waals surface area contributed by atoms with Crippen LogP contribution in [0.25, 0.3) is 0 Å². The zero-order chi connectivity index (χ0) is 20.5. The van der Waals surface area contributed by atoms with Crippen LogP contribution in [-0.4, -0.2) is 44.0 Å². The number of carbonyl (C=O) groups excluding carboxylic acids is 1. The number of aromatic nitrogens is 1. The van der Waals surface area contributed by atoms with Gasteiger partial charge in [-0.3, -0.25) is 9.52 Å². The van der Waals surface area contributed by atoms with Crippen LogP contribution in [0.3, 0.4) is 0 Å². The number of hydrogen-bond acceptors (Lipinski definition) is 4. The van der Waals surface area contributed by atoms with Gasteiger partial charge in [-0.25, -0.2) is 8.42 Å². The molecule has 1 aromatic carbocycles. The van der Waals surface area contributed by atoms with E-state index in [-0.39, 0.29) is 16.5 Å². The van der Waals surface area contributed by atoms with Crippen LogP contribution in [0.4, 0.5) is 5.69 Å². The number of amides is 1. The quantitative estimate of drug-likeness (QED) is 0.795. The second-order valence-corrected chi connectivity index (χ2v) is 8.93. The summed E-state index contributed by atoms with van der Waals surface area (Å²) in [6.07, 6.45) is 3.05. The van der Waals surface area contributed by atoms with Crippen LogP contribution in [0.15, 0.2) is 29.2 Å². The highest BCUT2D eigenvalue weighted by Crippen LogP contribution is 2.31. The molecule has 9 heteroatoms. The molecule has 3 rings (SSSR count). The maximum atomic E-state index is 13.0. The third-order valence-electron chi connectivity index (χ3n) is 5.05. The second kappa shape index (κ2) is 8.05. The normalized spacial score (nSPS) is 14.8. The SMILES string of the molecule is COc1ccc(Cl)cc1NS(=O)(=O)c1cc(C(=O)N2CCCCC2)n(C)c1C. The van der Waals surface area contributed by atoms with Crippen molar-refractivity contribution in [1.82, 2.24) is 9.47 Å². The highest BCUT2D eigenvalue weighted by molar-refractivity contribution is 7.92. The van der Waals surface area contributed by atoms with E-state index in [2.05, 4.69) is 4.72 Å². The van der Waals surface area contributed by atoms with Crippen molar-refractivity contribution in [2.24, 2.45) is 7.05 Å². The van der Waals surface area contributed by atoms with Crippen molar-refractivity contribution in [2.75, 3.05) is 24.9 Å². The minimum Gasteiger partial charge on any atom is -0.495 e. The topological polar surface area (TPSA) is 80.6 Å². The lowest BCUT2D eigenvalue weighted by Crippen LogP contribution is -2.36. The summed E-state index contributed by atoms with van der Waals surface area (Å²) in [5.74, 6) is 0.207. The predicted molar refractivity (Wildman–Crippen MR) is 109 cm³/mol. The molecule has 2 aromatic rings. The fourth-order valence-corrected chi connectivity index (χ4v) is 4.89. The van der Waals surface area contributed by atoms with Gasteiger partial charge in [0.25, 0.3) is 15.9 Å². The van der Waals surface area contributed by atoms with Crippen molar-refractivity contribution in [3.63, 3.8) is 0 Å². The molecule has 1 fully saturated rings. The van der Waals surface area contributed by atoms with Crippen molar-refractivity contribution in [1.29, 1.82) is 0 Å². The minimum absolute atomic E-state index is 0.0531. The fourth-order valence-electron chi connectivity index (χ4n) is 3.37. The van der Waals surface area contributed by atoms with Crippen LogP contribution in [0.5, 0.6) is 5.75 Å². The lowest BCUT2D eigenvalue weighted by Gasteiger charge is -2.26. The molecule has 1 aliphatic rings. The number of nitrogens with one attached hydrogen (secondary N) is 1. The summed E-state index contributed by atoms with van der Waals surface area (Å²) in [7, 11) is -0.791. The number of anilines is 1. The maximum absolute atomic E-state index is 13.0. The Balaban J connectivity index is 1.95. The van der Waals surface area contributed by atoms with E-state index >= 15 is 0 Å². The summed E-state index contributed by atoms with van der Waals surface area (Å²) in [5, 5.41) is 0.379. The maximum Gasteiger partial charge on any atom is 0.270 e. The van der Waals surface area contributed by atoms with Gasteiger partial charge in [0.2, 0.25) is 0 Å². The number of piperidine rings is 1. The van der Waals surface area contributed by atoms with E-state index in [1.54, 1.807) is 35.6 Å². The number of carbonyl (C=O) groups is 1. The van der Waals surface area contributed by atoms with Gasteiger partial charge < -0.3 is 14.2 Å². The number of rotatable bonds is 5. The third kappa shape index (κ3) is 3.98. The van der Waals surface area contributed by atoms with E-state index in [1.165, 1.54) is 19.2 Å². The molecule has 0 atom stereocenters. The Morgan fingerprint density at radius 3 is 2.50 bits per heavy atom. The zero-order valence-corrected chi connectivity index (χ0v) is 17.7. The van der Waals surface area contributed by atoms with Crippen LogP contribution < -0.4 is 9.46 Å². The van der Waals surface area contributed by atoms with Crippen molar-refractivity contribution >= 4 is 33.2 Å². The summed E-state index contributed by atoms with van der Waals surface area (Å²) in [5.41, 5.74) is 1.08. The number of benzene rings is 1. The Morgan fingerprint density at radius 2 is 1.86 bits per heavy atom. The van der Waals surface area contributed by atoms with Crippen LogP contribution in [-0.2, 0) is 17.1 Å².